The minimum Gasteiger partial charge on any atom is -0.494 e. The fourth-order valence-corrected chi connectivity index (χ4v) is 4.29. The molecule has 0 radical (unpaired) electrons. The molecule has 1 atom stereocenters. The number of nitrogens with one attached hydrogen (secondary N) is 1. The maximum atomic E-state index is 12.9. The summed E-state index contributed by atoms with van der Waals surface area (Å²) in [6.45, 7) is 3.75. The zero-order chi connectivity index (χ0) is 17.2. The summed E-state index contributed by atoms with van der Waals surface area (Å²) in [6.07, 6.45) is 4.38. The lowest BCUT2D eigenvalue weighted by atomic mass is 9.76. The van der Waals surface area contributed by atoms with Crippen LogP contribution >= 0.6 is 0 Å². The maximum Gasteiger partial charge on any atom is 0.253 e. The van der Waals surface area contributed by atoms with Gasteiger partial charge in [0.25, 0.3) is 5.91 Å². The van der Waals surface area contributed by atoms with Gasteiger partial charge in [-0.15, -0.1) is 0 Å². The second kappa shape index (κ2) is 6.83. The quantitative estimate of drug-likeness (QED) is 0.922. The van der Waals surface area contributed by atoms with Crippen LogP contribution in [0.4, 0.5) is 0 Å². The lowest BCUT2D eigenvalue weighted by Gasteiger charge is -2.28. The molecule has 5 nitrogen and oxygen atoms in total. The lowest BCUT2D eigenvalue weighted by Crippen LogP contribution is -2.38. The summed E-state index contributed by atoms with van der Waals surface area (Å²) in [5, 5.41) is 2.79. The smallest absolute Gasteiger partial charge is 0.253 e. The standard InChI is InChI=1S/C19H26N2O3/c1-3-24-15-8-6-14(7-9-15)18(23)21-12-16(17(22)20-2)19(13-21)10-4-5-11-19/h6-9,16H,3-5,10-13H2,1-2H3,(H,20,22)/t16-/m0/s1. The molecule has 1 N–H and O–H groups in total. The molecular formula is C19H26N2O3. The molecule has 2 aliphatic rings. The van der Waals surface area contributed by atoms with Crippen molar-refractivity contribution in [2.75, 3.05) is 26.7 Å². The van der Waals surface area contributed by atoms with Gasteiger partial charge in [0, 0.05) is 31.1 Å². The molecule has 1 aromatic rings. The van der Waals surface area contributed by atoms with Gasteiger partial charge in [-0.3, -0.25) is 9.59 Å². The van der Waals surface area contributed by atoms with Crippen LogP contribution in [0, 0.1) is 11.3 Å². The van der Waals surface area contributed by atoms with Crippen LogP contribution in [0.15, 0.2) is 24.3 Å². The van der Waals surface area contributed by atoms with Gasteiger partial charge in [0.1, 0.15) is 5.75 Å². The first kappa shape index (κ1) is 16.8. The SMILES string of the molecule is CCOc1ccc(C(=O)N2C[C@@H](C(=O)NC)C3(CCCC3)C2)cc1. The zero-order valence-corrected chi connectivity index (χ0v) is 14.5. The van der Waals surface area contributed by atoms with E-state index in [9.17, 15) is 9.59 Å². The fourth-order valence-electron chi connectivity index (χ4n) is 4.29. The highest BCUT2D eigenvalue weighted by Gasteiger charge is 2.52. The summed E-state index contributed by atoms with van der Waals surface area (Å²) in [6, 6.07) is 7.27. The van der Waals surface area contributed by atoms with E-state index in [0.717, 1.165) is 31.4 Å². The van der Waals surface area contributed by atoms with E-state index in [-0.39, 0.29) is 23.1 Å². The Morgan fingerprint density at radius 3 is 2.50 bits per heavy atom. The number of hydrogen-bond acceptors (Lipinski definition) is 3. The van der Waals surface area contributed by atoms with Crippen LogP contribution in [0.1, 0.15) is 43.0 Å². The monoisotopic (exact) mass is 330 g/mol. The predicted octanol–water partition coefficient (Wildman–Crippen LogP) is 2.46. The number of carbonyl (C=O) groups is 2. The Morgan fingerprint density at radius 2 is 1.92 bits per heavy atom. The van der Waals surface area contributed by atoms with Crippen LogP contribution in [0.3, 0.4) is 0 Å². The van der Waals surface area contributed by atoms with Crippen LogP contribution in [0.2, 0.25) is 0 Å². The normalized spacial score (nSPS) is 21.9. The fraction of sp³-hybridized carbons (Fsp3) is 0.579. The summed E-state index contributed by atoms with van der Waals surface area (Å²) < 4.78 is 5.43. The molecule has 2 fully saturated rings. The van der Waals surface area contributed by atoms with Crippen molar-refractivity contribution in [2.24, 2.45) is 11.3 Å². The Bertz CT molecular complexity index is 606. The van der Waals surface area contributed by atoms with Crippen molar-refractivity contribution >= 4 is 11.8 Å². The molecule has 0 aromatic heterocycles. The second-order valence-corrected chi connectivity index (χ2v) is 6.88. The molecule has 3 rings (SSSR count). The van der Waals surface area contributed by atoms with Crippen molar-refractivity contribution in [3.05, 3.63) is 29.8 Å². The first-order chi connectivity index (χ1) is 11.6. The van der Waals surface area contributed by atoms with Crippen LogP contribution in [0.25, 0.3) is 0 Å². The number of nitrogens with zero attached hydrogens (tertiary/aromatic N) is 1. The average molecular weight is 330 g/mol. The zero-order valence-electron chi connectivity index (χ0n) is 14.5. The number of benzene rings is 1. The summed E-state index contributed by atoms with van der Waals surface area (Å²) in [5.74, 6) is 0.761. The number of carbonyl (C=O) groups excluding carboxylic acids is 2. The van der Waals surface area contributed by atoms with E-state index in [1.807, 2.05) is 36.1 Å². The molecule has 5 heteroatoms. The van der Waals surface area contributed by atoms with Gasteiger partial charge in [-0.2, -0.15) is 0 Å². The van der Waals surface area contributed by atoms with E-state index in [0.29, 0.717) is 25.3 Å². The van der Waals surface area contributed by atoms with E-state index in [1.54, 1.807) is 7.05 Å². The summed E-state index contributed by atoms with van der Waals surface area (Å²) in [4.78, 5) is 27.1. The van der Waals surface area contributed by atoms with Gasteiger partial charge in [0.05, 0.1) is 12.5 Å². The molecule has 1 aliphatic carbocycles. The topological polar surface area (TPSA) is 58.6 Å². The van der Waals surface area contributed by atoms with Crippen molar-refractivity contribution in [1.82, 2.24) is 10.2 Å². The van der Waals surface area contributed by atoms with Gasteiger partial charge < -0.3 is 15.0 Å². The Hall–Kier alpha value is -2.04. The molecule has 0 bridgehead atoms. The molecule has 24 heavy (non-hydrogen) atoms. The predicted molar refractivity (Wildman–Crippen MR) is 92.0 cm³/mol. The summed E-state index contributed by atoms with van der Waals surface area (Å²) in [5.41, 5.74) is 0.630. The minimum atomic E-state index is -0.0864. The summed E-state index contributed by atoms with van der Waals surface area (Å²) in [7, 11) is 1.68. The first-order valence-electron chi connectivity index (χ1n) is 8.83. The van der Waals surface area contributed by atoms with Gasteiger partial charge in [0.2, 0.25) is 5.91 Å². The van der Waals surface area contributed by atoms with E-state index in [1.165, 1.54) is 0 Å². The van der Waals surface area contributed by atoms with E-state index >= 15 is 0 Å². The number of likely N-dealkylation sites (tertiary alicyclic amines) is 1. The van der Waals surface area contributed by atoms with Crippen molar-refractivity contribution in [3.8, 4) is 5.75 Å². The Morgan fingerprint density at radius 1 is 1.25 bits per heavy atom. The average Bonchev–Trinajstić information content (AvgIpc) is 3.22. The number of hydrogen-bond donors (Lipinski definition) is 1. The molecule has 1 spiro atoms. The third-order valence-electron chi connectivity index (χ3n) is 5.51. The van der Waals surface area contributed by atoms with Crippen molar-refractivity contribution < 1.29 is 14.3 Å². The van der Waals surface area contributed by atoms with E-state index < -0.39 is 0 Å². The molecular weight excluding hydrogens is 304 g/mol. The Kier molecular flexibility index (Phi) is 4.78. The third-order valence-corrected chi connectivity index (χ3v) is 5.51. The van der Waals surface area contributed by atoms with E-state index in [4.69, 9.17) is 4.74 Å². The minimum absolute atomic E-state index is 0.00993. The van der Waals surface area contributed by atoms with Crippen molar-refractivity contribution in [3.63, 3.8) is 0 Å². The van der Waals surface area contributed by atoms with Crippen LogP contribution in [0.5, 0.6) is 5.75 Å². The highest BCUT2D eigenvalue weighted by atomic mass is 16.5. The number of rotatable bonds is 4. The van der Waals surface area contributed by atoms with Crippen molar-refractivity contribution in [2.45, 2.75) is 32.6 Å². The van der Waals surface area contributed by atoms with Gasteiger partial charge in [0.15, 0.2) is 0 Å². The van der Waals surface area contributed by atoms with Gasteiger partial charge >= 0.3 is 0 Å². The number of amides is 2. The van der Waals surface area contributed by atoms with Gasteiger partial charge in [-0.25, -0.2) is 0 Å². The van der Waals surface area contributed by atoms with Gasteiger partial charge in [-0.05, 0) is 44.0 Å². The Balaban J connectivity index is 1.77. The van der Waals surface area contributed by atoms with Crippen LogP contribution < -0.4 is 10.1 Å². The van der Waals surface area contributed by atoms with Crippen molar-refractivity contribution in [1.29, 1.82) is 0 Å². The molecule has 1 saturated carbocycles. The van der Waals surface area contributed by atoms with E-state index in [2.05, 4.69) is 5.32 Å². The number of ether oxygens (including phenoxy) is 1. The summed E-state index contributed by atoms with van der Waals surface area (Å²) >= 11 is 0. The lowest BCUT2D eigenvalue weighted by molar-refractivity contribution is -0.127. The molecule has 130 valence electrons. The highest BCUT2D eigenvalue weighted by molar-refractivity contribution is 5.95. The molecule has 2 amide bonds. The molecule has 1 aliphatic heterocycles. The molecule has 1 heterocycles. The molecule has 1 aromatic carbocycles. The first-order valence-corrected chi connectivity index (χ1v) is 8.83. The maximum absolute atomic E-state index is 12.9. The van der Waals surface area contributed by atoms with Crippen LogP contribution in [-0.4, -0.2) is 43.5 Å². The Labute approximate surface area is 143 Å². The second-order valence-electron chi connectivity index (χ2n) is 6.88. The molecule has 0 unspecified atom stereocenters. The van der Waals surface area contributed by atoms with Gasteiger partial charge in [-0.1, -0.05) is 12.8 Å². The highest BCUT2D eigenvalue weighted by Crippen LogP contribution is 2.49. The van der Waals surface area contributed by atoms with Crippen LogP contribution in [-0.2, 0) is 4.79 Å². The largest absolute Gasteiger partial charge is 0.494 e. The third kappa shape index (κ3) is 2.99. The molecule has 1 saturated heterocycles.